The molecule has 2 aromatic rings. The summed E-state index contributed by atoms with van der Waals surface area (Å²) >= 11 is 5.99. The number of rotatable bonds is 6. The van der Waals surface area contributed by atoms with Gasteiger partial charge in [-0.05, 0) is 42.5 Å². The van der Waals surface area contributed by atoms with E-state index in [0.717, 1.165) is 6.07 Å². The van der Waals surface area contributed by atoms with Crippen molar-refractivity contribution in [1.82, 2.24) is 14.1 Å². The van der Waals surface area contributed by atoms with E-state index in [-0.39, 0.29) is 27.3 Å². The SMILES string of the molecule is CCN(CC)S(=O)(=O)c1ccc(C(=O)N2CCN(C(=O)c3ccc(F)cc3Cl)CC2)cc1. The number of hydrogen-bond acceptors (Lipinski definition) is 4. The minimum atomic E-state index is -3.59. The Labute approximate surface area is 192 Å². The smallest absolute Gasteiger partial charge is 0.255 e. The van der Waals surface area contributed by atoms with E-state index >= 15 is 0 Å². The summed E-state index contributed by atoms with van der Waals surface area (Å²) in [6.07, 6.45) is 0. The van der Waals surface area contributed by atoms with Gasteiger partial charge in [0.25, 0.3) is 11.8 Å². The third kappa shape index (κ3) is 4.95. The molecule has 2 aromatic carbocycles. The standard InChI is InChI=1S/C22H25ClFN3O4S/c1-3-27(4-2)32(30,31)18-8-5-16(6-9-18)21(28)25-11-13-26(14-12-25)22(29)19-10-7-17(24)15-20(19)23/h5-10,15H,3-4,11-14H2,1-2H3. The molecule has 1 fully saturated rings. The van der Waals surface area contributed by atoms with Gasteiger partial charge in [0.2, 0.25) is 10.0 Å². The summed E-state index contributed by atoms with van der Waals surface area (Å²) in [6.45, 7) is 5.54. The third-order valence-electron chi connectivity index (χ3n) is 5.46. The molecule has 0 radical (unpaired) electrons. The molecule has 1 aliphatic heterocycles. The van der Waals surface area contributed by atoms with Crippen molar-refractivity contribution in [3.05, 3.63) is 64.4 Å². The Hall–Kier alpha value is -2.49. The van der Waals surface area contributed by atoms with Crippen molar-refractivity contribution in [2.45, 2.75) is 18.7 Å². The van der Waals surface area contributed by atoms with Crippen LogP contribution in [0.5, 0.6) is 0 Å². The second-order valence-electron chi connectivity index (χ2n) is 7.32. The Balaban J connectivity index is 1.65. The minimum Gasteiger partial charge on any atom is -0.335 e. The van der Waals surface area contributed by atoms with Crippen LogP contribution >= 0.6 is 11.6 Å². The van der Waals surface area contributed by atoms with Crippen LogP contribution in [0.3, 0.4) is 0 Å². The average Bonchev–Trinajstić information content (AvgIpc) is 2.79. The lowest BCUT2D eigenvalue weighted by Gasteiger charge is -2.35. The van der Waals surface area contributed by atoms with Crippen LogP contribution in [-0.4, -0.2) is 73.6 Å². The Morgan fingerprint density at radius 2 is 1.47 bits per heavy atom. The van der Waals surface area contributed by atoms with E-state index < -0.39 is 15.8 Å². The number of amides is 2. The molecule has 0 N–H and O–H groups in total. The molecular weight excluding hydrogens is 457 g/mol. The van der Waals surface area contributed by atoms with E-state index in [2.05, 4.69) is 0 Å². The van der Waals surface area contributed by atoms with Gasteiger partial charge in [-0.2, -0.15) is 4.31 Å². The van der Waals surface area contributed by atoms with Gasteiger partial charge in [0.1, 0.15) is 5.82 Å². The molecule has 0 aliphatic carbocycles. The van der Waals surface area contributed by atoms with Crippen LogP contribution in [0.4, 0.5) is 4.39 Å². The highest BCUT2D eigenvalue weighted by Gasteiger charge is 2.27. The summed E-state index contributed by atoms with van der Waals surface area (Å²) in [4.78, 5) is 28.8. The average molecular weight is 482 g/mol. The molecule has 1 heterocycles. The van der Waals surface area contributed by atoms with Gasteiger partial charge in [-0.1, -0.05) is 25.4 Å². The maximum Gasteiger partial charge on any atom is 0.255 e. The van der Waals surface area contributed by atoms with Crippen molar-refractivity contribution in [2.75, 3.05) is 39.3 Å². The van der Waals surface area contributed by atoms with Crippen LogP contribution in [0.15, 0.2) is 47.4 Å². The van der Waals surface area contributed by atoms with Gasteiger partial charge in [-0.25, -0.2) is 12.8 Å². The molecule has 0 bridgehead atoms. The first-order chi connectivity index (χ1) is 15.2. The van der Waals surface area contributed by atoms with Crippen LogP contribution in [0.25, 0.3) is 0 Å². The van der Waals surface area contributed by atoms with Crippen LogP contribution in [-0.2, 0) is 10.0 Å². The molecule has 0 aromatic heterocycles. The fraction of sp³-hybridized carbons (Fsp3) is 0.364. The number of benzene rings is 2. The molecule has 172 valence electrons. The number of piperazine rings is 1. The number of hydrogen-bond donors (Lipinski definition) is 0. The summed E-state index contributed by atoms with van der Waals surface area (Å²) in [5, 5.41) is 0.0493. The maximum atomic E-state index is 13.2. The van der Waals surface area contributed by atoms with E-state index in [0.29, 0.717) is 44.8 Å². The first kappa shape index (κ1) is 24.2. The Morgan fingerprint density at radius 3 is 1.97 bits per heavy atom. The zero-order valence-corrected chi connectivity index (χ0v) is 19.5. The van der Waals surface area contributed by atoms with Gasteiger partial charge in [0.15, 0.2) is 0 Å². The Morgan fingerprint density at radius 1 is 0.938 bits per heavy atom. The lowest BCUT2D eigenvalue weighted by molar-refractivity contribution is 0.0535. The van der Waals surface area contributed by atoms with Gasteiger partial charge in [0.05, 0.1) is 15.5 Å². The molecule has 10 heteroatoms. The fourth-order valence-electron chi connectivity index (χ4n) is 3.61. The molecule has 0 saturated carbocycles. The molecule has 0 spiro atoms. The number of halogens is 2. The third-order valence-corrected chi connectivity index (χ3v) is 7.84. The second-order valence-corrected chi connectivity index (χ2v) is 9.67. The van der Waals surface area contributed by atoms with Crippen LogP contribution in [0.2, 0.25) is 5.02 Å². The largest absolute Gasteiger partial charge is 0.335 e. The summed E-state index contributed by atoms with van der Waals surface area (Å²) in [7, 11) is -3.59. The van der Waals surface area contributed by atoms with E-state index in [4.69, 9.17) is 11.6 Å². The predicted octanol–water partition coefficient (Wildman–Crippen LogP) is 3.11. The summed E-state index contributed by atoms with van der Waals surface area (Å²) in [6, 6.07) is 9.53. The molecule has 0 atom stereocenters. The zero-order valence-electron chi connectivity index (χ0n) is 17.9. The summed E-state index contributed by atoms with van der Waals surface area (Å²) in [5.41, 5.74) is 0.600. The predicted molar refractivity (Wildman–Crippen MR) is 120 cm³/mol. The van der Waals surface area contributed by atoms with Gasteiger partial charge in [0, 0.05) is 44.8 Å². The van der Waals surface area contributed by atoms with Crippen molar-refractivity contribution >= 4 is 33.4 Å². The number of carbonyl (C=O) groups excluding carboxylic acids is 2. The van der Waals surface area contributed by atoms with Gasteiger partial charge >= 0.3 is 0 Å². The van der Waals surface area contributed by atoms with Crippen molar-refractivity contribution in [1.29, 1.82) is 0 Å². The highest BCUT2D eigenvalue weighted by atomic mass is 35.5. The van der Waals surface area contributed by atoms with Crippen LogP contribution < -0.4 is 0 Å². The quantitative estimate of drug-likeness (QED) is 0.635. The lowest BCUT2D eigenvalue weighted by Crippen LogP contribution is -2.50. The van der Waals surface area contributed by atoms with E-state index in [1.807, 2.05) is 0 Å². The Bertz CT molecular complexity index is 1100. The molecule has 1 aliphatic rings. The van der Waals surface area contributed by atoms with Gasteiger partial charge in [-0.3, -0.25) is 9.59 Å². The molecule has 32 heavy (non-hydrogen) atoms. The van der Waals surface area contributed by atoms with Crippen molar-refractivity contribution in [2.24, 2.45) is 0 Å². The lowest BCUT2D eigenvalue weighted by atomic mass is 10.1. The van der Waals surface area contributed by atoms with E-state index in [1.54, 1.807) is 23.6 Å². The molecular formula is C22H25ClFN3O4S. The fourth-order valence-corrected chi connectivity index (χ4v) is 5.32. The number of sulfonamides is 1. The van der Waals surface area contributed by atoms with Crippen LogP contribution in [0, 0.1) is 5.82 Å². The number of nitrogens with zero attached hydrogens (tertiary/aromatic N) is 3. The minimum absolute atomic E-state index is 0.0493. The van der Waals surface area contributed by atoms with Crippen molar-refractivity contribution < 1.29 is 22.4 Å². The highest BCUT2D eigenvalue weighted by Crippen LogP contribution is 2.21. The molecule has 7 nitrogen and oxygen atoms in total. The van der Waals surface area contributed by atoms with Crippen LogP contribution in [0.1, 0.15) is 34.6 Å². The highest BCUT2D eigenvalue weighted by molar-refractivity contribution is 7.89. The molecule has 0 unspecified atom stereocenters. The maximum absolute atomic E-state index is 13.2. The molecule has 2 amide bonds. The van der Waals surface area contributed by atoms with Crippen molar-refractivity contribution in [3.8, 4) is 0 Å². The number of carbonyl (C=O) groups is 2. The zero-order chi connectivity index (χ0) is 23.5. The van der Waals surface area contributed by atoms with E-state index in [9.17, 15) is 22.4 Å². The Kier molecular flexibility index (Phi) is 7.53. The van der Waals surface area contributed by atoms with Gasteiger partial charge in [-0.15, -0.1) is 0 Å². The normalized spacial score (nSPS) is 14.7. The first-order valence-electron chi connectivity index (χ1n) is 10.3. The second kappa shape index (κ2) is 9.97. The monoisotopic (exact) mass is 481 g/mol. The van der Waals surface area contributed by atoms with E-state index in [1.165, 1.54) is 40.7 Å². The van der Waals surface area contributed by atoms with Gasteiger partial charge < -0.3 is 9.80 Å². The topological polar surface area (TPSA) is 78.0 Å². The van der Waals surface area contributed by atoms with Crippen molar-refractivity contribution in [3.63, 3.8) is 0 Å². The molecule has 3 rings (SSSR count). The summed E-state index contributed by atoms with van der Waals surface area (Å²) < 4.78 is 39.8. The molecule has 1 saturated heterocycles. The summed E-state index contributed by atoms with van der Waals surface area (Å²) in [5.74, 6) is -1.06. The first-order valence-corrected chi connectivity index (χ1v) is 12.1.